The maximum Gasteiger partial charge on any atom is 0.306 e. The third-order valence-corrected chi connectivity index (χ3v) is 20.7. The van der Waals surface area contributed by atoms with Gasteiger partial charge in [0.05, 0.1) is 6.61 Å². The normalized spacial score (nSPS) is 13.4. The number of aliphatic hydroxyl groups excluding tert-OH is 2. The molecular weight excluding hydrogens is 1350 g/mol. The highest BCUT2D eigenvalue weighted by molar-refractivity contribution is 7.99. The van der Waals surface area contributed by atoms with Crippen LogP contribution in [0.5, 0.6) is 0 Å². The molecule has 0 aliphatic rings. The number of imide groups is 1. The number of thioether (sulfide) groups is 1. The van der Waals surface area contributed by atoms with Crippen molar-refractivity contribution >= 4 is 65.1 Å². The minimum atomic E-state index is -1.68. The second-order valence-electron chi connectivity index (χ2n) is 29.4. The van der Waals surface area contributed by atoms with Gasteiger partial charge in [0, 0.05) is 30.8 Å². The first-order valence-corrected chi connectivity index (χ1v) is 43.6. The lowest BCUT2D eigenvalue weighted by Crippen LogP contribution is -2.60. The van der Waals surface area contributed by atoms with E-state index in [1.165, 1.54) is 161 Å². The highest BCUT2D eigenvalue weighted by atomic mass is 32.2. The van der Waals surface area contributed by atoms with Gasteiger partial charge in [0.1, 0.15) is 49.0 Å². The smallest absolute Gasteiger partial charge is 0.306 e. The number of aliphatic hydroxyl groups is 2. The van der Waals surface area contributed by atoms with E-state index in [0.29, 0.717) is 90.3 Å². The summed E-state index contributed by atoms with van der Waals surface area (Å²) >= 11 is 1.13. The maximum atomic E-state index is 14.4. The minimum Gasteiger partial charge on any atom is -0.462 e. The van der Waals surface area contributed by atoms with Gasteiger partial charge in [0.15, 0.2) is 0 Å². The number of nitrogens with two attached hydrogens (primary N) is 4. The summed E-state index contributed by atoms with van der Waals surface area (Å²) in [6.07, 6.45) is 46.9. The molecule has 7 atom stereocenters. The van der Waals surface area contributed by atoms with Crippen LogP contribution in [-0.4, -0.2) is 157 Å². The van der Waals surface area contributed by atoms with E-state index >= 15 is 0 Å². The van der Waals surface area contributed by atoms with Gasteiger partial charge < -0.3 is 69.2 Å². The van der Waals surface area contributed by atoms with Crippen LogP contribution in [-0.2, 0) is 52.6 Å². The second kappa shape index (κ2) is 73.7. The Morgan fingerprint density at radius 2 is 0.619 bits per heavy atom. The van der Waals surface area contributed by atoms with E-state index in [4.69, 9.17) is 32.4 Å². The lowest BCUT2D eigenvalue weighted by Gasteiger charge is -2.27. The Hall–Kier alpha value is -4.46. The first kappa shape index (κ1) is 101. The van der Waals surface area contributed by atoms with Crippen LogP contribution in [0.25, 0.3) is 0 Å². The van der Waals surface area contributed by atoms with Gasteiger partial charge in [-0.2, -0.15) is 11.8 Å². The number of ether oxygens (including phenoxy) is 2. The third kappa shape index (κ3) is 60.1. The van der Waals surface area contributed by atoms with E-state index in [9.17, 15) is 53.4 Å². The molecule has 0 aliphatic carbocycles. The predicted molar refractivity (Wildman–Crippen MR) is 427 cm³/mol. The zero-order chi connectivity index (χ0) is 77.4. The molecule has 0 aliphatic heterocycles. The molecule has 16 N–H and O–H groups in total. The molecule has 0 saturated carbocycles. The van der Waals surface area contributed by atoms with Gasteiger partial charge in [-0.05, 0) is 122 Å². The average molecular weight is 1510 g/mol. The zero-order valence-corrected chi connectivity index (χ0v) is 67.3. The Balaban J connectivity index is 6.62. The molecule has 0 spiro atoms. The fourth-order valence-electron chi connectivity index (χ4n) is 12.7. The summed E-state index contributed by atoms with van der Waals surface area (Å²) in [7, 11) is 0. The van der Waals surface area contributed by atoms with Crippen LogP contribution in [0, 0.1) is 0 Å². The van der Waals surface area contributed by atoms with Crippen LogP contribution in [0.4, 0.5) is 0 Å². The van der Waals surface area contributed by atoms with E-state index in [1.807, 2.05) is 0 Å². The van der Waals surface area contributed by atoms with Gasteiger partial charge in [-0.1, -0.05) is 252 Å². The van der Waals surface area contributed by atoms with Gasteiger partial charge >= 0.3 is 11.9 Å². The summed E-state index contributed by atoms with van der Waals surface area (Å²) < 4.78 is 11.7. The third-order valence-electron chi connectivity index (χ3n) is 19.5. The number of rotatable bonds is 77. The minimum absolute atomic E-state index is 0.0285. The average Bonchev–Trinajstić information content (AvgIpc) is 0.866. The molecule has 105 heavy (non-hydrogen) atoms. The first-order valence-electron chi connectivity index (χ1n) is 42.4. The molecule has 0 bridgehead atoms. The van der Waals surface area contributed by atoms with Crippen LogP contribution >= 0.6 is 11.8 Å². The number of hydrogen-bond acceptors (Lipinski definition) is 18. The lowest BCUT2D eigenvalue weighted by atomic mass is 10.0. The van der Waals surface area contributed by atoms with Gasteiger partial charge in [-0.3, -0.25) is 48.5 Å². The van der Waals surface area contributed by atoms with Crippen LogP contribution in [0.2, 0.25) is 0 Å². The van der Waals surface area contributed by atoms with Crippen molar-refractivity contribution in [2.45, 2.75) is 410 Å². The monoisotopic (exact) mass is 1510 g/mol. The second-order valence-corrected chi connectivity index (χ2v) is 30.4. The number of hydrogen-bond donors (Lipinski definition) is 12. The SMILES string of the molecule is CCCCCCCCCCCCCCCC(=O)NC(=O)[C@H](CSCC(COC(=O)CCCCCCCCCCCCCCC)OC(=O)CCCCCCCCCCCCCCC)NC(=O)[C@H](CO)NC(=O)[C@H](CCCCN)NC(=O)[C@H](CCCCN)NC(=O)[C@H](CCCCN)NC(=O)[C@@H](O)CCCCN. The molecule has 24 heteroatoms. The Morgan fingerprint density at radius 3 is 0.971 bits per heavy atom. The van der Waals surface area contributed by atoms with Gasteiger partial charge in [0.25, 0.3) is 0 Å². The number of carbonyl (C=O) groups is 9. The molecular formula is C81H156N10O13S. The summed E-state index contributed by atoms with van der Waals surface area (Å²) in [5, 5.41) is 37.1. The molecule has 1 unspecified atom stereocenters. The van der Waals surface area contributed by atoms with Crippen LogP contribution < -0.4 is 54.8 Å². The van der Waals surface area contributed by atoms with Crippen molar-refractivity contribution in [1.29, 1.82) is 0 Å². The van der Waals surface area contributed by atoms with Crippen molar-refractivity contribution in [2.75, 3.05) is 50.9 Å². The summed E-state index contributed by atoms with van der Waals surface area (Å²) in [5.74, 6) is -6.41. The van der Waals surface area contributed by atoms with Crippen molar-refractivity contribution in [3.05, 3.63) is 0 Å². The summed E-state index contributed by atoms with van der Waals surface area (Å²) in [6, 6.07) is -6.80. The molecule has 0 aromatic heterocycles. The fourth-order valence-corrected chi connectivity index (χ4v) is 13.8. The van der Waals surface area contributed by atoms with Crippen molar-refractivity contribution in [2.24, 2.45) is 22.9 Å². The van der Waals surface area contributed by atoms with E-state index in [-0.39, 0.29) is 69.6 Å². The highest BCUT2D eigenvalue weighted by Gasteiger charge is 2.34. The first-order chi connectivity index (χ1) is 51.0. The van der Waals surface area contributed by atoms with E-state index < -0.39 is 102 Å². The topological polar surface area (TPSA) is 389 Å². The predicted octanol–water partition coefficient (Wildman–Crippen LogP) is 12.6. The number of nitrogens with one attached hydrogen (secondary N) is 6. The number of unbranched alkanes of at least 4 members (excludes halogenated alkanes) is 40. The maximum absolute atomic E-state index is 14.4. The molecule has 0 fully saturated rings. The number of esters is 2. The Labute approximate surface area is 640 Å². The molecule has 0 saturated heterocycles. The molecule has 0 aromatic carbocycles. The fraction of sp³-hybridized carbons (Fsp3) is 0.889. The van der Waals surface area contributed by atoms with Gasteiger partial charge in [-0.15, -0.1) is 0 Å². The van der Waals surface area contributed by atoms with Crippen LogP contribution in [0.15, 0.2) is 0 Å². The van der Waals surface area contributed by atoms with E-state index in [1.54, 1.807) is 0 Å². The zero-order valence-electron chi connectivity index (χ0n) is 66.5. The quantitative estimate of drug-likeness (QED) is 0.0199. The molecule has 614 valence electrons. The number of amides is 7. The summed E-state index contributed by atoms with van der Waals surface area (Å²) in [5.41, 5.74) is 23.0. The standard InChI is InChI=1S/C81H156N10O13S/c1-4-7-10-13-16-19-22-25-28-31-34-37-40-55-73(94)91-80(101)71(65-105-64-66(104-75(96)57-42-39-36-33-30-27-24-21-18-15-12-9-6-3)63-103-74(95)56-41-38-35-32-29-26-23-20-17-14-11-8-5-2)90-79(100)70(62-92)89-78(99)68(52-44-48-59-83)87-76(97)67(51-43-47-58-82)86-77(98)69(53-45-49-60-84)88-81(102)72(93)54-46-50-61-85/h66-72,92-93H,4-65,82-85H2,1-3H3,(H,86,98)(H,87,97)(H,88,102)(H,89,99)(H,90,100)(H,91,94,101)/t66?,67-,68-,69-,70-,71-,72-/m0/s1. The van der Waals surface area contributed by atoms with Crippen molar-refractivity contribution in [3.8, 4) is 0 Å². The van der Waals surface area contributed by atoms with Crippen molar-refractivity contribution in [3.63, 3.8) is 0 Å². The lowest BCUT2D eigenvalue weighted by molar-refractivity contribution is -0.157. The molecule has 0 radical (unpaired) electrons. The molecule has 0 heterocycles. The number of carbonyl (C=O) groups excluding carboxylic acids is 9. The Kier molecular flexibility index (Phi) is 70.5. The Morgan fingerprint density at radius 1 is 0.324 bits per heavy atom. The summed E-state index contributed by atoms with van der Waals surface area (Å²) in [4.78, 5) is 125. The van der Waals surface area contributed by atoms with E-state index in [2.05, 4.69) is 52.7 Å². The van der Waals surface area contributed by atoms with Gasteiger partial charge in [-0.25, -0.2) is 0 Å². The highest BCUT2D eigenvalue weighted by Crippen LogP contribution is 2.19. The Bertz CT molecular complexity index is 2170. The molecule has 0 rings (SSSR count). The van der Waals surface area contributed by atoms with E-state index in [0.717, 1.165) is 82.4 Å². The van der Waals surface area contributed by atoms with Gasteiger partial charge in [0.2, 0.25) is 41.4 Å². The molecule has 7 amide bonds. The van der Waals surface area contributed by atoms with Crippen molar-refractivity contribution in [1.82, 2.24) is 31.9 Å². The van der Waals surface area contributed by atoms with Crippen LogP contribution in [0.3, 0.4) is 0 Å². The summed E-state index contributed by atoms with van der Waals surface area (Å²) in [6.45, 7) is 6.78. The largest absolute Gasteiger partial charge is 0.462 e. The van der Waals surface area contributed by atoms with Crippen LogP contribution in [0.1, 0.15) is 367 Å². The molecule has 23 nitrogen and oxygen atoms in total. The van der Waals surface area contributed by atoms with Crippen molar-refractivity contribution < 1.29 is 62.8 Å². The molecule has 0 aromatic rings.